The molecule has 2 fully saturated rings. The van der Waals surface area contributed by atoms with Crippen LogP contribution in [0.5, 0.6) is 0 Å². The van der Waals surface area contributed by atoms with Crippen LogP contribution in [-0.4, -0.2) is 13.1 Å². The van der Waals surface area contributed by atoms with Gasteiger partial charge in [-0.15, -0.1) is 0 Å². The summed E-state index contributed by atoms with van der Waals surface area (Å²) < 4.78 is 4.81. The number of methoxy groups -OCH3 is 1. The maximum atomic E-state index is 11.5. The summed E-state index contributed by atoms with van der Waals surface area (Å²) in [6, 6.07) is 0. The summed E-state index contributed by atoms with van der Waals surface area (Å²) >= 11 is 0. The minimum Gasteiger partial charge on any atom is -0.469 e. The Kier molecular flexibility index (Phi) is 5.63. The van der Waals surface area contributed by atoms with E-state index < -0.39 is 0 Å². The molecule has 4 atom stereocenters. The lowest BCUT2D eigenvalue weighted by Gasteiger charge is -2.58. The molecule has 0 aromatic carbocycles. The van der Waals surface area contributed by atoms with Gasteiger partial charge in [0.05, 0.1) is 7.11 Å². The van der Waals surface area contributed by atoms with Crippen LogP contribution in [0.25, 0.3) is 0 Å². The maximum Gasteiger partial charge on any atom is 0.305 e. The quantitative estimate of drug-likeness (QED) is 0.475. The van der Waals surface area contributed by atoms with Crippen molar-refractivity contribution >= 4 is 5.97 Å². The lowest BCUT2D eigenvalue weighted by Crippen LogP contribution is -2.49. The molecule has 0 aromatic heterocycles. The van der Waals surface area contributed by atoms with Crippen molar-refractivity contribution < 1.29 is 9.53 Å². The number of rotatable bonds is 5. The van der Waals surface area contributed by atoms with Crippen LogP contribution in [0.4, 0.5) is 0 Å². The Morgan fingerprint density at radius 3 is 2.70 bits per heavy atom. The monoisotopic (exact) mass is 320 g/mol. The topological polar surface area (TPSA) is 26.3 Å². The Morgan fingerprint density at radius 1 is 1.35 bits per heavy atom. The normalized spacial score (nSPS) is 34.6. The van der Waals surface area contributed by atoms with E-state index in [1.165, 1.54) is 51.2 Å². The molecule has 0 bridgehead atoms. The van der Waals surface area contributed by atoms with Gasteiger partial charge in [-0.1, -0.05) is 46.3 Å². The van der Waals surface area contributed by atoms with Gasteiger partial charge in [0.15, 0.2) is 0 Å². The van der Waals surface area contributed by atoms with Gasteiger partial charge >= 0.3 is 5.97 Å². The fraction of sp³-hybridized carbons (Fsp3) is 0.857. The Bertz CT molecular complexity index is 451. The highest BCUT2D eigenvalue weighted by Crippen LogP contribution is 2.61. The fourth-order valence-corrected chi connectivity index (χ4v) is 5.73. The van der Waals surface area contributed by atoms with E-state index in [-0.39, 0.29) is 5.97 Å². The molecular formula is C21H36O2. The second-order valence-electron chi connectivity index (χ2n) is 9.11. The molecule has 0 amide bonds. The summed E-state index contributed by atoms with van der Waals surface area (Å²) in [6.45, 7) is 14.1. The number of carbonyl (C=O) groups is 1. The van der Waals surface area contributed by atoms with Crippen molar-refractivity contribution in [1.82, 2.24) is 0 Å². The van der Waals surface area contributed by atoms with E-state index in [9.17, 15) is 4.79 Å². The Morgan fingerprint density at radius 2 is 2.04 bits per heavy atom. The first-order valence-electron chi connectivity index (χ1n) is 9.45. The highest BCUT2D eigenvalue weighted by Gasteiger charge is 2.52. The third-order valence-corrected chi connectivity index (χ3v) is 7.01. The average molecular weight is 321 g/mol. The van der Waals surface area contributed by atoms with E-state index >= 15 is 0 Å². The fourth-order valence-electron chi connectivity index (χ4n) is 5.73. The number of ether oxygens (including phenoxy) is 1. The molecule has 2 saturated carbocycles. The maximum absolute atomic E-state index is 11.5. The highest BCUT2D eigenvalue weighted by molar-refractivity contribution is 5.69. The van der Waals surface area contributed by atoms with E-state index in [2.05, 4.69) is 34.3 Å². The van der Waals surface area contributed by atoms with Gasteiger partial charge in [-0.3, -0.25) is 4.79 Å². The van der Waals surface area contributed by atoms with Gasteiger partial charge in [0.1, 0.15) is 0 Å². The van der Waals surface area contributed by atoms with Crippen LogP contribution in [0, 0.1) is 28.6 Å². The minimum absolute atomic E-state index is 0.0807. The van der Waals surface area contributed by atoms with Gasteiger partial charge in [-0.2, -0.15) is 0 Å². The SMILES string of the molecule is C=C1CC[C@H]2C(C)(C)CCC[C@]2(C)[C@H]1CC[C@@H](C)CC(=O)OC. The molecular weight excluding hydrogens is 284 g/mol. The lowest BCUT2D eigenvalue weighted by atomic mass is 9.47. The number of carbonyl (C=O) groups excluding carboxylic acids is 1. The van der Waals surface area contributed by atoms with Gasteiger partial charge in [-0.05, 0) is 67.1 Å². The first-order chi connectivity index (χ1) is 10.7. The Balaban J connectivity index is 2.06. The molecule has 2 aliphatic rings. The third kappa shape index (κ3) is 3.83. The summed E-state index contributed by atoms with van der Waals surface area (Å²) in [5, 5.41) is 0. The van der Waals surface area contributed by atoms with E-state index in [1.54, 1.807) is 0 Å². The minimum atomic E-state index is -0.0807. The largest absolute Gasteiger partial charge is 0.469 e. The predicted molar refractivity (Wildman–Crippen MR) is 96.1 cm³/mol. The smallest absolute Gasteiger partial charge is 0.305 e. The average Bonchev–Trinajstić information content (AvgIpc) is 2.45. The van der Waals surface area contributed by atoms with Crippen LogP contribution in [0.15, 0.2) is 12.2 Å². The number of hydrogen-bond acceptors (Lipinski definition) is 2. The zero-order valence-electron chi connectivity index (χ0n) is 15.9. The van der Waals surface area contributed by atoms with Crippen molar-refractivity contribution in [2.24, 2.45) is 28.6 Å². The molecule has 0 aliphatic heterocycles. The molecule has 2 heteroatoms. The molecule has 0 heterocycles. The van der Waals surface area contributed by atoms with Crippen LogP contribution in [0.1, 0.15) is 79.1 Å². The van der Waals surface area contributed by atoms with Crippen LogP contribution in [0.2, 0.25) is 0 Å². The number of esters is 1. The van der Waals surface area contributed by atoms with Crippen LogP contribution < -0.4 is 0 Å². The molecule has 2 aliphatic carbocycles. The van der Waals surface area contributed by atoms with Gasteiger partial charge < -0.3 is 4.74 Å². The van der Waals surface area contributed by atoms with E-state index in [0.29, 0.717) is 29.1 Å². The van der Waals surface area contributed by atoms with Crippen molar-refractivity contribution in [2.45, 2.75) is 79.1 Å². The van der Waals surface area contributed by atoms with Crippen molar-refractivity contribution in [3.63, 3.8) is 0 Å². The van der Waals surface area contributed by atoms with Gasteiger partial charge in [0, 0.05) is 6.42 Å². The van der Waals surface area contributed by atoms with Crippen LogP contribution in [0.3, 0.4) is 0 Å². The molecule has 0 saturated heterocycles. The van der Waals surface area contributed by atoms with Crippen molar-refractivity contribution in [1.29, 1.82) is 0 Å². The molecule has 2 nitrogen and oxygen atoms in total. The summed E-state index contributed by atoms with van der Waals surface area (Å²) in [6.07, 6.45) is 9.39. The second-order valence-corrected chi connectivity index (χ2v) is 9.11. The molecule has 2 rings (SSSR count). The van der Waals surface area contributed by atoms with Gasteiger partial charge in [-0.25, -0.2) is 0 Å². The third-order valence-electron chi connectivity index (χ3n) is 7.01. The first-order valence-corrected chi connectivity index (χ1v) is 9.45. The molecule has 0 N–H and O–H groups in total. The summed E-state index contributed by atoms with van der Waals surface area (Å²) in [4.78, 5) is 11.5. The number of fused-ring (bicyclic) bond motifs is 1. The first kappa shape index (κ1) is 18.5. The molecule has 0 radical (unpaired) electrons. The predicted octanol–water partition coefficient (Wildman–Crippen LogP) is 5.76. The molecule has 132 valence electrons. The summed E-state index contributed by atoms with van der Waals surface area (Å²) in [5.41, 5.74) is 2.33. The zero-order valence-corrected chi connectivity index (χ0v) is 15.9. The molecule has 0 spiro atoms. The van der Waals surface area contributed by atoms with Gasteiger partial charge in [0.25, 0.3) is 0 Å². The Labute approximate surface area is 143 Å². The van der Waals surface area contributed by atoms with E-state index in [0.717, 1.165) is 12.3 Å². The zero-order chi connectivity index (χ0) is 17.3. The molecule has 0 aromatic rings. The number of allylic oxidation sites excluding steroid dienone is 1. The van der Waals surface area contributed by atoms with E-state index in [1.807, 2.05) is 0 Å². The van der Waals surface area contributed by atoms with Crippen molar-refractivity contribution in [3.8, 4) is 0 Å². The van der Waals surface area contributed by atoms with Crippen LogP contribution >= 0.6 is 0 Å². The summed E-state index contributed by atoms with van der Waals surface area (Å²) in [7, 11) is 1.48. The Hall–Kier alpha value is -0.790. The van der Waals surface area contributed by atoms with Crippen molar-refractivity contribution in [2.75, 3.05) is 7.11 Å². The van der Waals surface area contributed by atoms with Gasteiger partial charge in [0.2, 0.25) is 0 Å². The van der Waals surface area contributed by atoms with Crippen molar-refractivity contribution in [3.05, 3.63) is 12.2 Å². The number of hydrogen-bond donors (Lipinski definition) is 0. The van der Waals surface area contributed by atoms with Crippen LogP contribution in [-0.2, 0) is 9.53 Å². The van der Waals surface area contributed by atoms with E-state index in [4.69, 9.17) is 4.74 Å². The second kappa shape index (κ2) is 6.99. The summed E-state index contributed by atoms with van der Waals surface area (Å²) in [5.74, 6) is 1.76. The molecule has 23 heavy (non-hydrogen) atoms. The molecule has 0 unspecified atom stereocenters. The standard InChI is InChI=1S/C21H36O2/c1-15(14-19(22)23-6)8-10-17-16(2)9-11-18-20(3,4)12-7-13-21(17,18)5/h15,17-18H,2,7-14H2,1,3-6H3/t15-,17+,18+,21-/m1/s1. The lowest BCUT2D eigenvalue weighted by molar-refractivity contribution is -0.141. The highest BCUT2D eigenvalue weighted by atomic mass is 16.5.